The molecular formula is C17H35NO. The van der Waals surface area contributed by atoms with Crippen LogP contribution in [-0.4, -0.2) is 12.5 Å². The Balaban J connectivity index is 3.18. The number of amides is 1. The number of unbranched alkanes of at least 4 members (excludes halogenated alkanes) is 4. The van der Waals surface area contributed by atoms with Gasteiger partial charge in [-0.1, -0.05) is 66.2 Å². The quantitative estimate of drug-likeness (QED) is 0.500. The van der Waals surface area contributed by atoms with Gasteiger partial charge >= 0.3 is 0 Å². The summed E-state index contributed by atoms with van der Waals surface area (Å²) >= 11 is 0. The van der Waals surface area contributed by atoms with Crippen LogP contribution in [0.4, 0.5) is 0 Å². The molecule has 19 heavy (non-hydrogen) atoms. The second-order valence-corrected chi connectivity index (χ2v) is 6.59. The van der Waals surface area contributed by atoms with Crippen LogP contribution in [0.25, 0.3) is 0 Å². The van der Waals surface area contributed by atoms with Crippen molar-refractivity contribution in [1.82, 2.24) is 5.32 Å². The number of hydrogen-bond donors (Lipinski definition) is 1. The first-order valence-corrected chi connectivity index (χ1v) is 8.29. The van der Waals surface area contributed by atoms with Crippen LogP contribution in [0.1, 0.15) is 85.5 Å². The topological polar surface area (TPSA) is 29.1 Å². The van der Waals surface area contributed by atoms with E-state index in [9.17, 15) is 4.79 Å². The highest BCUT2D eigenvalue weighted by Gasteiger charge is 2.01. The van der Waals surface area contributed by atoms with E-state index in [0.29, 0.717) is 12.3 Å². The fourth-order valence-electron chi connectivity index (χ4n) is 2.19. The molecule has 0 rings (SSSR count). The van der Waals surface area contributed by atoms with Gasteiger partial charge in [0, 0.05) is 13.0 Å². The third-order valence-corrected chi connectivity index (χ3v) is 3.47. The Morgan fingerprint density at radius 1 is 0.789 bits per heavy atom. The first-order valence-electron chi connectivity index (χ1n) is 8.29. The highest BCUT2D eigenvalue weighted by Crippen LogP contribution is 2.10. The summed E-state index contributed by atoms with van der Waals surface area (Å²) in [5.41, 5.74) is 0. The van der Waals surface area contributed by atoms with Crippen molar-refractivity contribution in [2.75, 3.05) is 6.54 Å². The lowest BCUT2D eigenvalue weighted by Gasteiger charge is -2.07. The van der Waals surface area contributed by atoms with Crippen LogP contribution in [0.5, 0.6) is 0 Å². The molecule has 0 saturated heterocycles. The van der Waals surface area contributed by atoms with Gasteiger partial charge in [0.15, 0.2) is 0 Å². The SMILES string of the molecule is CC(C)CCCCCCCNC(=O)CCCC(C)C. The highest BCUT2D eigenvalue weighted by molar-refractivity contribution is 5.75. The molecule has 0 spiro atoms. The van der Waals surface area contributed by atoms with E-state index in [1.807, 2.05) is 0 Å². The van der Waals surface area contributed by atoms with Crippen LogP contribution < -0.4 is 5.32 Å². The molecule has 0 aromatic heterocycles. The van der Waals surface area contributed by atoms with Crippen molar-refractivity contribution < 1.29 is 4.79 Å². The normalized spacial score (nSPS) is 11.3. The smallest absolute Gasteiger partial charge is 0.219 e. The monoisotopic (exact) mass is 269 g/mol. The zero-order valence-electron chi connectivity index (χ0n) is 13.6. The summed E-state index contributed by atoms with van der Waals surface area (Å²) < 4.78 is 0. The predicted molar refractivity (Wildman–Crippen MR) is 84.2 cm³/mol. The van der Waals surface area contributed by atoms with Crippen molar-refractivity contribution in [3.63, 3.8) is 0 Å². The Kier molecular flexibility index (Phi) is 12.2. The Labute approximate surface area is 120 Å². The number of rotatable bonds is 12. The van der Waals surface area contributed by atoms with Gasteiger partial charge in [0.1, 0.15) is 0 Å². The van der Waals surface area contributed by atoms with Crippen molar-refractivity contribution in [1.29, 1.82) is 0 Å². The molecule has 0 heterocycles. The summed E-state index contributed by atoms with van der Waals surface area (Å²) in [4.78, 5) is 11.5. The van der Waals surface area contributed by atoms with E-state index in [0.717, 1.165) is 31.7 Å². The molecular weight excluding hydrogens is 234 g/mol. The lowest BCUT2D eigenvalue weighted by molar-refractivity contribution is -0.121. The second-order valence-electron chi connectivity index (χ2n) is 6.59. The molecule has 0 aromatic rings. The lowest BCUT2D eigenvalue weighted by atomic mass is 10.0. The van der Waals surface area contributed by atoms with E-state index in [1.54, 1.807) is 0 Å². The third-order valence-electron chi connectivity index (χ3n) is 3.47. The van der Waals surface area contributed by atoms with Crippen molar-refractivity contribution in [3.05, 3.63) is 0 Å². The standard InChI is InChI=1S/C17H35NO/c1-15(2)11-8-6-5-7-9-14-18-17(19)13-10-12-16(3)4/h15-16H,5-14H2,1-4H3,(H,18,19). The molecule has 0 atom stereocenters. The average Bonchev–Trinajstić information content (AvgIpc) is 2.31. The Morgan fingerprint density at radius 3 is 1.95 bits per heavy atom. The molecule has 114 valence electrons. The number of carbonyl (C=O) groups is 1. The summed E-state index contributed by atoms with van der Waals surface area (Å²) in [6.45, 7) is 9.85. The third kappa shape index (κ3) is 15.4. The van der Waals surface area contributed by atoms with Crippen LogP contribution >= 0.6 is 0 Å². The van der Waals surface area contributed by atoms with Gasteiger partial charge in [-0.25, -0.2) is 0 Å². The molecule has 0 saturated carbocycles. The zero-order chi connectivity index (χ0) is 14.5. The largest absolute Gasteiger partial charge is 0.356 e. The van der Waals surface area contributed by atoms with Crippen molar-refractivity contribution in [3.8, 4) is 0 Å². The molecule has 0 fully saturated rings. The fourth-order valence-corrected chi connectivity index (χ4v) is 2.19. The summed E-state index contributed by atoms with van der Waals surface area (Å²) in [7, 11) is 0. The molecule has 1 amide bonds. The van der Waals surface area contributed by atoms with Crippen LogP contribution in [0, 0.1) is 11.8 Å². The molecule has 0 unspecified atom stereocenters. The Morgan fingerprint density at radius 2 is 1.32 bits per heavy atom. The highest BCUT2D eigenvalue weighted by atomic mass is 16.1. The zero-order valence-corrected chi connectivity index (χ0v) is 13.6. The molecule has 0 aliphatic carbocycles. The molecule has 0 radical (unpaired) electrons. The summed E-state index contributed by atoms with van der Waals surface area (Å²) in [5.74, 6) is 1.78. The first kappa shape index (κ1) is 18.5. The number of hydrogen-bond acceptors (Lipinski definition) is 1. The maximum absolute atomic E-state index is 11.5. The van der Waals surface area contributed by atoms with E-state index in [4.69, 9.17) is 0 Å². The minimum Gasteiger partial charge on any atom is -0.356 e. The molecule has 0 aliphatic rings. The predicted octanol–water partition coefficient (Wildman–Crippen LogP) is 4.93. The van der Waals surface area contributed by atoms with Gasteiger partial charge in [-0.05, 0) is 24.7 Å². The molecule has 2 heteroatoms. The summed E-state index contributed by atoms with van der Waals surface area (Å²) in [6.07, 6.45) is 10.7. The van der Waals surface area contributed by atoms with Gasteiger partial charge in [-0.15, -0.1) is 0 Å². The summed E-state index contributed by atoms with van der Waals surface area (Å²) in [6, 6.07) is 0. The average molecular weight is 269 g/mol. The van der Waals surface area contributed by atoms with E-state index >= 15 is 0 Å². The summed E-state index contributed by atoms with van der Waals surface area (Å²) in [5, 5.41) is 3.03. The fraction of sp³-hybridized carbons (Fsp3) is 0.941. The van der Waals surface area contributed by atoms with E-state index in [2.05, 4.69) is 33.0 Å². The van der Waals surface area contributed by atoms with E-state index < -0.39 is 0 Å². The lowest BCUT2D eigenvalue weighted by Crippen LogP contribution is -2.24. The maximum Gasteiger partial charge on any atom is 0.219 e. The van der Waals surface area contributed by atoms with Gasteiger partial charge in [0.2, 0.25) is 5.91 Å². The van der Waals surface area contributed by atoms with Gasteiger partial charge in [-0.3, -0.25) is 4.79 Å². The molecule has 0 aliphatic heterocycles. The molecule has 0 bridgehead atoms. The van der Waals surface area contributed by atoms with Gasteiger partial charge in [0.25, 0.3) is 0 Å². The molecule has 1 N–H and O–H groups in total. The van der Waals surface area contributed by atoms with Crippen LogP contribution in [0.15, 0.2) is 0 Å². The van der Waals surface area contributed by atoms with Crippen molar-refractivity contribution in [2.45, 2.75) is 85.5 Å². The minimum atomic E-state index is 0.237. The first-order chi connectivity index (χ1) is 9.02. The Bertz CT molecular complexity index is 211. The van der Waals surface area contributed by atoms with Crippen molar-refractivity contribution >= 4 is 5.91 Å². The second kappa shape index (κ2) is 12.5. The van der Waals surface area contributed by atoms with Crippen LogP contribution in [0.2, 0.25) is 0 Å². The van der Waals surface area contributed by atoms with Gasteiger partial charge in [0.05, 0.1) is 0 Å². The number of carbonyl (C=O) groups excluding carboxylic acids is 1. The van der Waals surface area contributed by atoms with E-state index in [-0.39, 0.29) is 5.91 Å². The molecule has 2 nitrogen and oxygen atoms in total. The Hall–Kier alpha value is -0.530. The van der Waals surface area contributed by atoms with Gasteiger partial charge in [-0.2, -0.15) is 0 Å². The number of nitrogens with one attached hydrogen (secondary N) is 1. The van der Waals surface area contributed by atoms with Crippen molar-refractivity contribution in [2.24, 2.45) is 11.8 Å². The van der Waals surface area contributed by atoms with Crippen LogP contribution in [-0.2, 0) is 4.79 Å². The van der Waals surface area contributed by atoms with Crippen LogP contribution in [0.3, 0.4) is 0 Å². The minimum absolute atomic E-state index is 0.237. The molecule has 0 aromatic carbocycles. The maximum atomic E-state index is 11.5. The van der Waals surface area contributed by atoms with Gasteiger partial charge < -0.3 is 5.32 Å². The van der Waals surface area contributed by atoms with E-state index in [1.165, 1.54) is 32.1 Å².